The number of aryl methyl sites for hydroxylation is 1. The summed E-state index contributed by atoms with van der Waals surface area (Å²) >= 11 is 5.90. The molecule has 0 atom stereocenters. The normalized spacial score (nSPS) is 14.9. The van der Waals surface area contributed by atoms with Crippen molar-refractivity contribution in [3.8, 4) is 0 Å². The first kappa shape index (κ1) is 19.7. The van der Waals surface area contributed by atoms with Crippen LogP contribution in [0, 0.1) is 6.92 Å². The molecule has 0 spiro atoms. The lowest BCUT2D eigenvalue weighted by molar-refractivity contribution is -0.115. The summed E-state index contributed by atoms with van der Waals surface area (Å²) in [6.45, 7) is 6.19. The number of nitrogens with zero attached hydrogens (tertiary/aromatic N) is 3. The summed E-state index contributed by atoms with van der Waals surface area (Å²) in [7, 11) is 2.15. The van der Waals surface area contributed by atoms with Crippen LogP contribution in [0.4, 0.5) is 11.5 Å². The molecule has 1 N–H and O–H groups in total. The maximum atomic E-state index is 12.4. The van der Waals surface area contributed by atoms with Crippen molar-refractivity contribution >= 4 is 39.9 Å². The largest absolute Gasteiger partial charge is 0.354 e. The molecule has 6 heteroatoms. The van der Waals surface area contributed by atoms with Crippen LogP contribution in [0.25, 0.3) is 10.9 Å². The molecule has 1 fully saturated rings. The molecule has 1 aromatic heterocycles. The number of carbonyl (C=O) groups is 1. The second kappa shape index (κ2) is 8.39. The molecule has 3 aromatic rings. The number of likely N-dealkylation sites (N-methyl/N-ethyl adjacent to an activating group) is 1. The number of benzene rings is 2. The summed E-state index contributed by atoms with van der Waals surface area (Å²) in [5.74, 6) is 0.981. The van der Waals surface area contributed by atoms with Crippen molar-refractivity contribution < 1.29 is 4.79 Å². The SMILES string of the molecule is Cc1cc(N2CCN(C)CC2)nc2ccc(NC(=O)Cc3ccc(Cl)cc3)cc12. The van der Waals surface area contributed by atoms with Crippen molar-refractivity contribution in [3.05, 3.63) is 64.7 Å². The summed E-state index contributed by atoms with van der Waals surface area (Å²) in [5, 5.41) is 4.72. The smallest absolute Gasteiger partial charge is 0.228 e. The van der Waals surface area contributed by atoms with Gasteiger partial charge in [0, 0.05) is 42.3 Å². The molecule has 29 heavy (non-hydrogen) atoms. The molecule has 0 unspecified atom stereocenters. The maximum absolute atomic E-state index is 12.4. The number of hydrogen-bond acceptors (Lipinski definition) is 4. The van der Waals surface area contributed by atoms with E-state index in [1.54, 1.807) is 12.1 Å². The molecule has 0 aliphatic carbocycles. The van der Waals surface area contributed by atoms with E-state index >= 15 is 0 Å². The van der Waals surface area contributed by atoms with Crippen LogP contribution in [0.15, 0.2) is 48.5 Å². The van der Waals surface area contributed by atoms with Crippen molar-refractivity contribution in [3.63, 3.8) is 0 Å². The molecule has 2 heterocycles. The number of nitrogens with one attached hydrogen (secondary N) is 1. The minimum Gasteiger partial charge on any atom is -0.354 e. The Morgan fingerprint density at radius 3 is 2.52 bits per heavy atom. The number of piperazine rings is 1. The Bertz CT molecular complexity index is 1030. The van der Waals surface area contributed by atoms with Gasteiger partial charge in [0.2, 0.25) is 5.91 Å². The van der Waals surface area contributed by atoms with Crippen molar-refractivity contribution in [2.45, 2.75) is 13.3 Å². The van der Waals surface area contributed by atoms with Crippen LogP contribution in [0.1, 0.15) is 11.1 Å². The number of rotatable bonds is 4. The molecule has 1 aliphatic heterocycles. The van der Waals surface area contributed by atoms with Crippen LogP contribution in [0.3, 0.4) is 0 Å². The number of aromatic nitrogens is 1. The van der Waals surface area contributed by atoms with Gasteiger partial charge in [0.1, 0.15) is 5.82 Å². The molecule has 4 rings (SSSR count). The van der Waals surface area contributed by atoms with Gasteiger partial charge in [0.05, 0.1) is 11.9 Å². The number of halogens is 1. The van der Waals surface area contributed by atoms with Crippen LogP contribution >= 0.6 is 11.6 Å². The number of pyridine rings is 1. The highest BCUT2D eigenvalue weighted by atomic mass is 35.5. The zero-order valence-electron chi connectivity index (χ0n) is 16.8. The molecule has 0 saturated carbocycles. The van der Waals surface area contributed by atoms with Crippen LogP contribution in [-0.2, 0) is 11.2 Å². The highest BCUT2D eigenvalue weighted by Gasteiger charge is 2.16. The predicted octanol–water partition coefficient (Wildman–Crippen LogP) is 4.13. The number of hydrogen-bond donors (Lipinski definition) is 1. The summed E-state index contributed by atoms with van der Waals surface area (Å²) in [4.78, 5) is 21.9. The predicted molar refractivity (Wildman–Crippen MR) is 120 cm³/mol. The molecule has 1 aliphatic rings. The van der Waals surface area contributed by atoms with Crippen molar-refractivity contribution in [1.29, 1.82) is 0 Å². The third-order valence-electron chi connectivity index (χ3n) is 5.39. The second-order valence-corrected chi connectivity index (χ2v) is 8.11. The van der Waals surface area contributed by atoms with Crippen molar-refractivity contribution in [2.24, 2.45) is 0 Å². The summed E-state index contributed by atoms with van der Waals surface area (Å²) in [5.41, 5.74) is 3.84. The average molecular weight is 409 g/mol. The third kappa shape index (κ3) is 4.69. The monoisotopic (exact) mass is 408 g/mol. The number of carbonyl (C=O) groups excluding carboxylic acids is 1. The fourth-order valence-corrected chi connectivity index (χ4v) is 3.77. The standard InChI is InChI=1S/C23H25ClN4O/c1-16-13-22(28-11-9-27(2)10-12-28)26-21-8-7-19(15-20(16)21)25-23(29)14-17-3-5-18(24)6-4-17/h3-8,13,15H,9-12,14H2,1-2H3,(H,25,29). The zero-order chi connectivity index (χ0) is 20.4. The van der Waals surface area contributed by atoms with E-state index < -0.39 is 0 Å². The Hall–Kier alpha value is -2.63. The highest BCUT2D eigenvalue weighted by Crippen LogP contribution is 2.26. The minimum atomic E-state index is -0.0497. The fourth-order valence-electron chi connectivity index (χ4n) is 3.64. The van der Waals surface area contributed by atoms with E-state index in [-0.39, 0.29) is 5.91 Å². The molecular weight excluding hydrogens is 384 g/mol. The summed E-state index contributed by atoms with van der Waals surface area (Å²) < 4.78 is 0. The average Bonchev–Trinajstić information content (AvgIpc) is 2.70. The van der Waals surface area contributed by atoms with Gasteiger partial charge in [-0.2, -0.15) is 0 Å². The molecule has 1 saturated heterocycles. The van der Waals surface area contributed by atoms with Crippen LogP contribution in [-0.4, -0.2) is 49.0 Å². The van der Waals surface area contributed by atoms with Gasteiger partial charge in [0.15, 0.2) is 0 Å². The van der Waals surface area contributed by atoms with Gasteiger partial charge < -0.3 is 15.1 Å². The number of anilines is 2. The lowest BCUT2D eigenvalue weighted by atomic mass is 10.1. The topological polar surface area (TPSA) is 48.5 Å². The van der Waals surface area contributed by atoms with Gasteiger partial charge in [-0.1, -0.05) is 23.7 Å². The van der Waals surface area contributed by atoms with E-state index in [9.17, 15) is 4.79 Å². The molecule has 0 radical (unpaired) electrons. The molecule has 0 bridgehead atoms. The fraction of sp³-hybridized carbons (Fsp3) is 0.304. The lowest BCUT2D eigenvalue weighted by Crippen LogP contribution is -2.44. The van der Waals surface area contributed by atoms with Gasteiger partial charge >= 0.3 is 0 Å². The van der Waals surface area contributed by atoms with Crippen LogP contribution in [0.5, 0.6) is 0 Å². The first-order chi connectivity index (χ1) is 14.0. The Balaban J connectivity index is 1.50. The minimum absolute atomic E-state index is 0.0497. The van der Waals surface area contributed by atoms with Gasteiger partial charge in [0.25, 0.3) is 0 Å². The highest BCUT2D eigenvalue weighted by molar-refractivity contribution is 6.30. The van der Waals surface area contributed by atoms with E-state index in [2.05, 4.69) is 35.2 Å². The van der Waals surface area contributed by atoms with Gasteiger partial charge in [-0.05, 0) is 61.5 Å². The molecule has 2 aromatic carbocycles. The van der Waals surface area contributed by atoms with E-state index in [0.29, 0.717) is 11.4 Å². The molecule has 150 valence electrons. The van der Waals surface area contributed by atoms with Crippen LogP contribution in [0.2, 0.25) is 5.02 Å². The van der Waals surface area contributed by atoms with E-state index in [0.717, 1.165) is 59.7 Å². The lowest BCUT2D eigenvalue weighted by Gasteiger charge is -2.33. The number of amides is 1. The maximum Gasteiger partial charge on any atom is 0.228 e. The Kier molecular flexibility index (Phi) is 5.69. The Labute approximate surface area is 176 Å². The summed E-state index contributed by atoms with van der Waals surface area (Å²) in [6.07, 6.45) is 0.314. The summed E-state index contributed by atoms with van der Waals surface area (Å²) in [6, 6.07) is 15.4. The first-order valence-electron chi connectivity index (χ1n) is 9.87. The van der Waals surface area contributed by atoms with E-state index in [1.165, 1.54) is 0 Å². The van der Waals surface area contributed by atoms with E-state index in [1.807, 2.05) is 30.3 Å². The second-order valence-electron chi connectivity index (χ2n) is 7.67. The van der Waals surface area contributed by atoms with Crippen molar-refractivity contribution in [1.82, 2.24) is 9.88 Å². The Morgan fingerprint density at radius 2 is 1.79 bits per heavy atom. The third-order valence-corrected chi connectivity index (χ3v) is 5.64. The van der Waals surface area contributed by atoms with Crippen molar-refractivity contribution in [2.75, 3.05) is 43.4 Å². The zero-order valence-corrected chi connectivity index (χ0v) is 17.5. The molecule has 5 nitrogen and oxygen atoms in total. The van der Waals surface area contributed by atoms with E-state index in [4.69, 9.17) is 16.6 Å². The van der Waals surface area contributed by atoms with Crippen LogP contribution < -0.4 is 10.2 Å². The molecular formula is C23H25ClN4O. The number of fused-ring (bicyclic) bond motifs is 1. The van der Waals surface area contributed by atoms with Gasteiger partial charge in [-0.15, -0.1) is 0 Å². The van der Waals surface area contributed by atoms with Gasteiger partial charge in [-0.3, -0.25) is 4.79 Å². The van der Waals surface area contributed by atoms with Gasteiger partial charge in [-0.25, -0.2) is 4.98 Å². The Morgan fingerprint density at radius 1 is 1.07 bits per heavy atom. The quantitative estimate of drug-likeness (QED) is 0.705. The first-order valence-corrected chi connectivity index (χ1v) is 10.2. The molecule has 1 amide bonds.